The van der Waals surface area contributed by atoms with Gasteiger partial charge in [0.05, 0.1) is 0 Å². The molecule has 0 aliphatic heterocycles. The monoisotopic (exact) mass is 298 g/mol. The van der Waals surface area contributed by atoms with E-state index in [1.807, 2.05) is 0 Å². The van der Waals surface area contributed by atoms with Gasteiger partial charge in [-0.05, 0) is 112 Å². The van der Waals surface area contributed by atoms with Gasteiger partial charge in [0.2, 0.25) is 0 Å². The molecule has 0 radical (unpaired) electrons. The summed E-state index contributed by atoms with van der Waals surface area (Å²) in [4.78, 5) is 0. The van der Waals surface area contributed by atoms with E-state index in [9.17, 15) is 0 Å². The molecule has 8 fully saturated rings. The van der Waals surface area contributed by atoms with Gasteiger partial charge in [-0.25, -0.2) is 0 Å². The van der Waals surface area contributed by atoms with Crippen LogP contribution < -0.4 is 5.41 Å². The average molecular weight is 298 g/mol. The van der Waals surface area contributed by atoms with Crippen LogP contribution in [-0.2, 0) is 0 Å². The van der Waals surface area contributed by atoms with Crippen molar-refractivity contribution in [2.75, 3.05) is 0 Å². The molecule has 8 aliphatic rings. The Morgan fingerprint density at radius 1 is 0.455 bits per heavy atom. The minimum absolute atomic E-state index is 0.843. The predicted molar refractivity (Wildman–Crippen MR) is 88.0 cm³/mol. The Morgan fingerprint density at radius 3 is 1.00 bits per heavy atom. The fourth-order valence-electron chi connectivity index (χ4n) is 9.16. The lowest BCUT2D eigenvalue weighted by molar-refractivity contribution is -0.152. The van der Waals surface area contributed by atoms with Crippen LogP contribution >= 0.6 is 0 Å². The number of hydrogen-bond donors (Lipinski definition) is 1. The van der Waals surface area contributed by atoms with Crippen LogP contribution in [0.1, 0.15) is 64.2 Å². The maximum Gasteiger partial charge on any atom is 0.156 e. The molecular formula is C21H32N+. The molecule has 0 heterocycles. The molecule has 0 unspecified atom stereocenters. The topological polar surface area (TPSA) is 25.6 Å². The molecule has 1 nitrogen and oxygen atoms in total. The standard InChI is InChI=1S/C21H31N/c22-21(19-15-3-11-1-12(5-15)6-16(19)4-11)20-17-7-13-2-14(9-17)10-18(20)8-13/h11-20,22H,1-10H2/p+1. The van der Waals surface area contributed by atoms with Crippen molar-refractivity contribution in [3.63, 3.8) is 0 Å². The van der Waals surface area contributed by atoms with Crippen LogP contribution in [0.15, 0.2) is 0 Å². The highest BCUT2D eigenvalue weighted by Crippen LogP contribution is 2.61. The lowest BCUT2D eigenvalue weighted by atomic mass is 9.46. The van der Waals surface area contributed by atoms with E-state index in [-0.39, 0.29) is 0 Å². The van der Waals surface area contributed by atoms with Crippen LogP contribution in [0, 0.1) is 59.2 Å². The molecule has 8 saturated carbocycles. The zero-order chi connectivity index (χ0) is 14.4. The van der Waals surface area contributed by atoms with Gasteiger partial charge in [0.15, 0.2) is 5.71 Å². The van der Waals surface area contributed by atoms with E-state index in [1.165, 1.54) is 51.4 Å². The Labute approximate surface area is 135 Å². The molecule has 1 heteroatoms. The summed E-state index contributed by atoms with van der Waals surface area (Å²) in [7, 11) is 0. The Kier molecular flexibility index (Phi) is 2.60. The molecule has 8 aliphatic carbocycles. The van der Waals surface area contributed by atoms with E-state index >= 15 is 0 Å². The quantitative estimate of drug-likeness (QED) is 0.757. The summed E-state index contributed by atoms with van der Waals surface area (Å²) < 4.78 is 0. The van der Waals surface area contributed by atoms with Gasteiger partial charge in [-0.1, -0.05) is 0 Å². The van der Waals surface area contributed by atoms with Crippen LogP contribution in [0.25, 0.3) is 0 Å². The van der Waals surface area contributed by atoms with E-state index in [4.69, 9.17) is 5.41 Å². The fraction of sp³-hybridized carbons (Fsp3) is 0.952. The number of rotatable bonds is 2. The van der Waals surface area contributed by atoms with Crippen LogP contribution in [0.4, 0.5) is 0 Å². The second-order valence-corrected chi connectivity index (χ2v) is 10.4. The van der Waals surface area contributed by atoms with Gasteiger partial charge in [0, 0.05) is 11.8 Å². The van der Waals surface area contributed by atoms with Gasteiger partial charge in [0.25, 0.3) is 0 Å². The first-order valence-electron chi connectivity index (χ1n) is 10.4. The zero-order valence-electron chi connectivity index (χ0n) is 13.9. The molecule has 0 spiro atoms. The molecule has 2 N–H and O–H groups in total. The van der Waals surface area contributed by atoms with Crippen molar-refractivity contribution in [3.8, 4) is 0 Å². The molecular weight excluding hydrogens is 266 g/mol. The van der Waals surface area contributed by atoms with Gasteiger partial charge in [-0.3, -0.25) is 5.41 Å². The first-order chi connectivity index (χ1) is 10.7. The second-order valence-electron chi connectivity index (χ2n) is 10.4. The third-order valence-corrected chi connectivity index (χ3v) is 9.22. The summed E-state index contributed by atoms with van der Waals surface area (Å²) in [6, 6.07) is 0. The Bertz CT molecular complexity index is 406. The predicted octanol–water partition coefficient (Wildman–Crippen LogP) is 3.33. The average Bonchev–Trinajstić information content (AvgIpc) is 2.44. The third kappa shape index (κ3) is 1.69. The SMILES string of the molecule is [NH2+]=C(C1C2CC3CC(C2)CC1C3)C1C2CC3CC(C2)CC1C3. The highest BCUT2D eigenvalue weighted by Gasteiger charge is 2.57. The normalized spacial score (nSPS) is 60.9. The van der Waals surface area contributed by atoms with Crippen molar-refractivity contribution in [2.24, 2.45) is 59.2 Å². The van der Waals surface area contributed by atoms with E-state index in [1.54, 1.807) is 18.6 Å². The highest BCUT2D eigenvalue weighted by molar-refractivity contribution is 5.85. The van der Waals surface area contributed by atoms with E-state index in [0.717, 1.165) is 59.2 Å². The second kappa shape index (κ2) is 4.39. The summed E-state index contributed by atoms with van der Waals surface area (Å²) in [5, 5.41) is 7.04. The smallest absolute Gasteiger partial charge is 0.156 e. The van der Waals surface area contributed by atoms with Crippen LogP contribution in [0.5, 0.6) is 0 Å². The maximum absolute atomic E-state index is 7.04. The number of hydrogen-bond acceptors (Lipinski definition) is 0. The molecule has 0 atom stereocenters. The Morgan fingerprint density at radius 2 is 0.727 bits per heavy atom. The fourth-order valence-corrected chi connectivity index (χ4v) is 9.16. The molecule has 0 aromatic heterocycles. The maximum atomic E-state index is 7.04. The van der Waals surface area contributed by atoms with Crippen molar-refractivity contribution in [1.82, 2.24) is 0 Å². The summed E-state index contributed by atoms with van der Waals surface area (Å²) >= 11 is 0. The summed E-state index contributed by atoms with van der Waals surface area (Å²) in [6.45, 7) is 0. The van der Waals surface area contributed by atoms with Crippen molar-refractivity contribution < 1.29 is 5.41 Å². The lowest BCUT2D eigenvalue weighted by Gasteiger charge is -2.57. The number of nitrogens with two attached hydrogens (primary N) is 1. The van der Waals surface area contributed by atoms with Crippen molar-refractivity contribution in [1.29, 1.82) is 0 Å². The van der Waals surface area contributed by atoms with Gasteiger partial charge in [0.1, 0.15) is 0 Å². The summed E-state index contributed by atoms with van der Waals surface area (Å²) in [5.74, 6) is 10.0. The molecule has 22 heavy (non-hydrogen) atoms. The van der Waals surface area contributed by atoms with Crippen LogP contribution in [0.3, 0.4) is 0 Å². The van der Waals surface area contributed by atoms with Crippen molar-refractivity contribution >= 4 is 5.71 Å². The minimum atomic E-state index is 0.843. The van der Waals surface area contributed by atoms with E-state index < -0.39 is 0 Å². The molecule has 8 bridgehead atoms. The minimum Gasteiger partial charge on any atom is -0.261 e. The van der Waals surface area contributed by atoms with Gasteiger partial charge in [-0.15, -0.1) is 0 Å². The van der Waals surface area contributed by atoms with Gasteiger partial charge >= 0.3 is 0 Å². The van der Waals surface area contributed by atoms with Gasteiger partial charge < -0.3 is 0 Å². The van der Waals surface area contributed by atoms with E-state index in [0.29, 0.717) is 0 Å². The highest BCUT2D eigenvalue weighted by atomic mass is 14.6. The molecule has 8 rings (SSSR count). The summed E-state index contributed by atoms with van der Waals surface area (Å²) in [6.07, 6.45) is 15.4. The molecule has 0 aromatic rings. The first kappa shape index (κ1) is 13.0. The van der Waals surface area contributed by atoms with Crippen molar-refractivity contribution in [2.45, 2.75) is 64.2 Å². The summed E-state index contributed by atoms with van der Waals surface area (Å²) in [5.41, 5.74) is 1.54. The van der Waals surface area contributed by atoms with E-state index in [2.05, 4.69) is 0 Å². The van der Waals surface area contributed by atoms with Gasteiger partial charge in [-0.2, -0.15) is 0 Å². The zero-order valence-corrected chi connectivity index (χ0v) is 13.9. The first-order valence-corrected chi connectivity index (χ1v) is 10.4. The largest absolute Gasteiger partial charge is 0.261 e. The van der Waals surface area contributed by atoms with Crippen LogP contribution in [-0.4, -0.2) is 5.71 Å². The molecule has 0 saturated heterocycles. The van der Waals surface area contributed by atoms with Crippen molar-refractivity contribution in [3.05, 3.63) is 0 Å². The van der Waals surface area contributed by atoms with Crippen LogP contribution in [0.2, 0.25) is 0 Å². The molecule has 120 valence electrons. The lowest BCUT2D eigenvalue weighted by Crippen LogP contribution is -2.62. The molecule has 0 aromatic carbocycles. The Hall–Kier alpha value is -0.330. The molecule has 0 amide bonds. The third-order valence-electron chi connectivity index (χ3n) is 9.22. The Balaban J connectivity index is 1.29.